The number of likely N-dealkylation sites (N-methyl/N-ethyl adjacent to an activating group) is 1. The number of nitrogens with zero attached hydrogens (tertiary/aromatic N) is 1. The van der Waals surface area contributed by atoms with Crippen molar-refractivity contribution in [1.82, 2.24) is 4.90 Å². The molecule has 2 nitrogen and oxygen atoms in total. The van der Waals surface area contributed by atoms with Crippen LogP contribution in [0.4, 0.5) is 0 Å². The first kappa shape index (κ1) is 12.3. The van der Waals surface area contributed by atoms with Crippen LogP contribution in [0.5, 0.6) is 0 Å². The van der Waals surface area contributed by atoms with Gasteiger partial charge in [-0.1, -0.05) is 0 Å². The molecule has 1 heterocycles. The maximum atomic E-state index is 5.71. The Balaban J connectivity index is 2.11. The molecule has 3 heteroatoms. The van der Waals surface area contributed by atoms with Crippen molar-refractivity contribution in [1.29, 1.82) is 0 Å². The van der Waals surface area contributed by atoms with E-state index in [1.165, 1.54) is 17.9 Å². The van der Waals surface area contributed by atoms with E-state index < -0.39 is 0 Å². The third-order valence-electron chi connectivity index (χ3n) is 2.51. The van der Waals surface area contributed by atoms with E-state index >= 15 is 0 Å². The molecule has 0 aromatic rings. The summed E-state index contributed by atoms with van der Waals surface area (Å²) in [5.41, 5.74) is 0.00522. The first-order chi connectivity index (χ1) is 6.49. The van der Waals surface area contributed by atoms with Gasteiger partial charge < -0.3 is 9.64 Å². The lowest BCUT2D eigenvalue weighted by molar-refractivity contribution is -0.0135. The maximum absolute atomic E-state index is 5.71. The minimum Gasteiger partial charge on any atom is -0.375 e. The first-order valence-corrected chi connectivity index (χ1v) is 6.56. The average molecular weight is 217 g/mol. The largest absolute Gasteiger partial charge is 0.375 e. The summed E-state index contributed by atoms with van der Waals surface area (Å²) in [7, 11) is 2.21. The molecule has 84 valence electrons. The van der Waals surface area contributed by atoms with Crippen LogP contribution in [-0.4, -0.2) is 48.2 Å². The van der Waals surface area contributed by atoms with Gasteiger partial charge in [0, 0.05) is 18.3 Å². The fraction of sp³-hybridized carbons (Fsp3) is 1.00. The summed E-state index contributed by atoms with van der Waals surface area (Å²) in [6, 6.07) is 0.781. The van der Waals surface area contributed by atoms with Crippen LogP contribution >= 0.6 is 11.8 Å². The topological polar surface area (TPSA) is 12.5 Å². The number of hydrogen-bond donors (Lipinski definition) is 0. The molecule has 1 atom stereocenters. The highest BCUT2D eigenvalue weighted by molar-refractivity contribution is 7.99. The van der Waals surface area contributed by atoms with Crippen molar-refractivity contribution >= 4 is 11.8 Å². The third kappa shape index (κ3) is 4.67. The smallest absolute Gasteiger partial charge is 0.0600 e. The third-order valence-corrected chi connectivity index (χ3v) is 3.65. The van der Waals surface area contributed by atoms with E-state index in [4.69, 9.17) is 4.74 Å². The van der Waals surface area contributed by atoms with E-state index in [0.29, 0.717) is 0 Å². The van der Waals surface area contributed by atoms with E-state index in [1.54, 1.807) is 0 Å². The van der Waals surface area contributed by atoms with Gasteiger partial charge in [0.05, 0.1) is 12.2 Å². The van der Waals surface area contributed by atoms with Gasteiger partial charge in [-0.15, -0.1) is 0 Å². The zero-order chi connectivity index (χ0) is 10.6. The summed E-state index contributed by atoms with van der Waals surface area (Å²) in [6.07, 6.45) is 1.34. The van der Waals surface area contributed by atoms with Gasteiger partial charge >= 0.3 is 0 Å². The Labute approximate surface area is 92.4 Å². The highest BCUT2D eigenvalue weighted by atomic mass is 32.2. The molecule has 1 rings (SSSR count). The minimum absolute atomic E-state index is 0.00522. The summed E-state index contributed by atoms with van der Waals surface area (Å²) < 4.78 is 5.71. The van der Waals surface area contributed by atoms with Crippen molar-refractivity contribution in [2.45, 2.75) is 38.8 Å². The summed E-state index contributed by atoms with van der Waals surface area (Å²) in [5, 5.41) is 0. The van der Waals surface area contributed by atoms with E-state index in [0.717, 1.165) is 19.2 Å². The number of rotatable bonds is 4. The molecule has 14 heavy (non-hydrogen) atoms. The van der Waals surface area contributed by atoms with Crippen LogP contribution in [0.15, 0.2) is 0 Å². The lowest BCUT2D eigenvalue weighted by Gasteiger charge is -2.26. The SMILES string of the molecule is CN(CCOC(C)(C)C)C1CCSC1. The second kappa shape index (κ2) is 5.38. The lowest BCUT2D eigenvalue weighted by Crippen LogP contribution is -2.35. The van der Waals surface area contributed by atoms with Crippen LogP contribution in [0, 0.1) is 0 Å². The van der Waals surface area contributed by atoms with Crippen molar-refractivity contribution in [3.8, 4) is 0 Å². The standard InChI is InChI=1S/C11H23NOS/c1-11(2,3)13-7-6-12(4)10-5-8-14-9-10/h10H,5-9H2,1-4H3. The molecule has 1 aliphatic heterocycles. The van der Waals surface area contributed by atoms with Gasteiger partial charge in [0.15, 0.2) is 0 Å². The molecule has 0 aliphatic carbocycles. The van der Waals surface area contributed by atoms with Crippen LogP contribution in [0.3, 0.4) is 0 Å². The zero-order valence-electron chi connectivity index (χ0n) is 9.88. The molecule has 0 saturated carbocycles. The first-order valence-electron chi connectivity index (χ1n) is 5.41. The van der Waals surface area contributed by atoms with E-state index in [-0.39, 0.29) is 5.60 Å². The fourth-order valence-corrected chi connectivity index (χ4v) is 2.85. The van der Waals surface area contributed by atoms with Crippen LogP contribution in [0.25, 0.3) is 0 Å². The Kier molecular flexibility index (Phi) is 4.74. The Morgan fingerprint density at radius 3 is 2.64 bits per heavy atom. The molecule has 0 aromatic carbocycles. The van der Waals surface area contributed by atoms with Crippen molar-refractivity contribution in [2.24, 2.45) is 0 Å². The molecule has 1 saturated heterocycles. The van der Waals surface area contributed by atoms with Gasteiger partial charge in [0.1, 0.15) is 0 Å². The van der Waals surface area contributed by atoms with Gasteiger partial charge in [-0.3, -0.25) is 0 Å². The zero-order valence-corrected chi connectivity index (χ0v) is 10.7. The number of thioether (sulfide) groups is 1. The molecule has 0 spiro atoms. The summed E-state index contributed by atoms with van der Waals surface area (Å²) >= 11 is 2.07. The minimum atomic E-state index is 0.00522. The Bertz CT molecular complexity index is 161. The maximum Gasteiger partial charge on any atom is 0.0600 e. The lowest BCUT2D eigenvalue weighted by atomic mass is 10.2. The summed E-state index contributed by atoms with van der Waals surface area (Å²) in [6.45, 7) is 8.24. The molecular formula is C11H23NOS. The van der Waals surface area contributed by atoms with Crippen molar-refractivity contribution in [3.63, 3.8) is 0 Å². The Morgan fingerprint density at radius 2 is 2.14 bits per heavy atom. The molecule has 1 aliphatic rings. The molecule has 1 fully saturated rings. The quantitative estimate of drug-likeness (QED) is 0.716. The van der Waals surface area contributed by atoms with E-state index in [2.05, 4.69) is 44.5 Å². The average Bonchev–Trinajstić information content (AvgIpc) is 2.53. The van der Waals surface area contributed by atoms with Gasteiger partial charge in [-0.2, -0.15) is 11.8 Å². The summed E-state index contributed by atoms with van der Waals surface area (Å²) in [5.74, 6) is 2.63. The van der Waals surface area contributed by atoms with Crippen molar-refractivity contribution in [2.75, 3.05) is 31.7 Å². The Morgan fingerprint density at radius 1 is 1.43 bits per heavy atom. The highest BCUT2D eigenvalue weighted by Gasteiger charge is 2.20. The molecule has 0 radical (unpaired) electrons. The van der Waals surface area contributed by atoms with Crippen LogP contribution in [0.2, 0.25) is 0 Å². The predicted molar refractivity (Wildman–Crippen MR) is 64.1 cm³/mol. The van der Waals surface area contributed by atoms with Crippen molar-refractivity contribution < 1.29 is 4.74 Å². The van der Waals surface area contributed by atoms with Gasteiger partial charge in [0.2, 0.25) is 0 Å². The highest BCUT2D eigenvalue weighted by Crippen LogP contribution is 2.21. The number of ether oxygens (including phenoxy) is 1. The molecular weight excluding hydrogens is 194 g/mol. The van der Waals surface area contributed by atoms with E-state index in [1.807, 2.05) is 0 Å². The van der Waals surface area contributed by atoms with Crippen LogP contribution in [-0.2, 0) is 4.74 Å². The second-order valence-electron chi connectivity index (χ2n) is 4.96. The van der Waals surface area contributed by atoms with Crippen molar-refractivity contribution in [3.05, 3.63) is 0 Å². The van der Waals surface area contributed by atoms with Gasteiger partial charge in [-0.25, -0.2) is 0 Å². The predicted octanol–water partition coefficient (Wildman–Crippen LogP) is 2.24. The van der Waals surface area contributed by atoms with Crippen LogP contribution < -0.4 is 0 Å². The summed E-state index contributed by atoms with van der Waals surface area (Å²) in [4.78, 5) is 2.44. The molecule has 0 bridgehead atoms. The second-order valence-corrected chi connectivity index (χ2v) is 6.11. The Hall–Kier alpha value is 0.270. The normalized spacial score (nSPS) is 23.4. The van der Waals surface area contributed by atoms with Crippen LogP contribution in [0.1, 0.15) is 27.2 Å². The van der Waals surface area contributed by atoms with E-state index in [9.17, 15) is 0 Å². The molecule has 0 amide bonds. The molecule has 0 aromatic heterocycles. The molecule has 0 N–H and O–H groups in total. The van der Waals surface area contributed by atoms with Gasteiger partial charge in [-0.05, 0) is 40.0 Å². The fourth-order valence-electron chi connectivity index (χ4n) is 1.55. The number of hydrogen-bond acceptors (Lipinski definition) is 3. The molecule has 1 unspecified atom stereocenters. The van der Waals surface area contributed by atoms with Gasteiger partial charge in [0.25, 0.3) is 0 Å². The monoisotopic (exact) mass is 217 g/mol.